The molecule has 138 valence electrons. The summed E-state index contributed by atoms with van der Waals surface area (Å²) in [6.07, 6.45) is 0.877. The summed E-state index contributed by atoms with van der Waals surface area (Å²) in [5.41, 5.74) is 3.00. The number of thioether (sulfide) groups is 1. The van der Waals surface area contributed by atoms with Crippen molar-refractivity contribution in [2.45, 2.75) is 37.0 Å². The second kappa shape index (κ2) is 7.32. The van der Waals surface area contributed by atoms with Crippen molar-refractivity contribution in [3.05, 3.63) is 47.5 Å². The molecule has 1 aliphatic heterocycles. The first-order chi connectivity index (χ1) is 12.3. The molecule has 1 N–H and O–H groups in total. The summed E-state index contributed by atoms with van der Waals surface area (Å²) in [6.45, 7) is 5.85. The van der Waals surface area contributed by atoms with Crippen LogP contribution < -0.4 is 9.62 Å². The van der Waals surface area contributed by atoms with Gasteiger partial charge in [0.15, 0.2) is 0 Å². The molecule has 0 aliphatic carbocycles. The van der Waals surface area contributed by atoms with Gasteiger partial charge in [0.2, 0.25) is 5.91 Å². The number of aryl methyl sites for hydroxylation is 2. The van der Waals surface area contributed by atoms with E-state index < -0.39 is 10.0 Å². The van der Waals surface area contributed by atoms with Crippen LogP contribution in [0.4, 0.5) is 11.4 Å². The monoisotopic (exact) mass is 390 g/mol. The number of nitrogens with one attached hydrogen (secondary N) is 1. The Bertz CT molecular complexity index is 935. The van der Waals surface area contributed by atoms with Crippen LogP contribution in [0.5, 0.6) is 0 Å². The van der Waals surface area contributed by atoms with Crippen molar-refractivity contribution in [2.24, 2.45) is 0 Å². The second-order valence-corrected chi connectivity index (χ2v) is 9.19. The Balaban J connectivity index is 2.02. The minimum Gasteiger partial charge on any atom is -0.311 e. The van der Waals surface area contributed by atoms with Gasteiger partial charge in [0.05, 0.1) is 16.3 Å². The fourth-order valence-corrected chi connectivity index (χ4v) is 5.22. The molecule has 0 bridgehead atoms. The van der Waals surface area contributed by atoms with Crippen LogP contribution in [0.15, 0.2) is 46.2 Å². The average Bonchev–Trinajstić information content (AvgIpc) is 2.80. The van der Waals surface area contributed by atoms with Gasteiger partial charge < -0.3 is 4.90 Å². The first-order valence-corrected chi connectivity index (χ1v) is 10.9. The van der Waals surface area contributed by atoms with Gasteiger partial charge in [0.25, 0.3) is 10.0 Å². The minimum atomic E-state index is -3.75. The van der Waals surface area contributed by atoms with E-state index in [1.807, 2.05) is 32.0 Å². The van der Waals surface area contributed by atoms with Crippen LogP contribution in [0.25, 0.3) is 0 Å². The molecule has 0 saturated heterocycles. The number of fused-ring (bicyclic) bond motifs is 1. The van der Waals surface area contributed by atoms with E-state index in [9.17, 15) is 13.2 Å². The lowest BCUT2D eigenvalue weighted by atomic mass is 10.1. The van der Waals surface area contributed by atoms with Crippen LogP contribution in [-0.2, 0) is 14.8 Å². The first-order valence-electron chi connectivity index (χ1n) is 8.43. The molecule has 26 heavy (non-hydrogen) atoms. The molecule has 3 rings (SSSR count). The van der Waals surface area contributed by atoms with E-state index in [-0.39, 0.29) is 10.8 Å². The minimum absolute atomic E-state index is 0.0778. The predicted octanol–water partition coefficient (Wildman–Crippen LogP) is 3.95. The molecule has 1 aliphatic rings. The number of amides is 1. The van der Waals surface area contributed by atoms with Crippen LogP contribution in [0.2, 0.25) is 0 Å². The van der Waals surface area contributed by atoms with Crippen LogP contribution >= 0.6 is 11.8 Å². The van der Waals surface area contributed by atoms with Gasteiger partial charge in [-0.25, -0.2) is 8.42 Å². The van der Waals surface area contributed by atoms with Gasteiger partial charge >= 0.3 is 0 Å². The summed E-state index contributed by atoms with van der Waals surface area (Å²) < 4.78 is 28.6. The molecular formula is C19H22N2O3S2. The average molecular weight is 391 g/mol. The molecule has 0 radical (unpaired) electrons. The van der Waals surface area contributed by atoms with E-state index in [1.54, 1.807) is 34.9 Å². The summed E-state index contributed by atoms with van der Waals surface area (Å²) in [7, 11) is -3.75. The van der Waals surface area contributed by atoms with E-state index in [4.69, 9.17) is 0 Å². The number of anilines is 2. The molecule has 0 fully saturated rings. The highest BCUT2D eigenvalue weighted by Gasteiger charge is 2.23. The molecule has 0 saturated carbocycles. The molecule has 0 spiro atoms. The largest absolute Gasteiger partial charge is 0.311 e. The molecular weight excluding hydrogens is 368 g/mol. The Hall–Kier alpha value is -1.99. The fourth-order valence-electron chi connectivity index (χ4n) is 3.02. The van der Waals surface area contributed by atoms with E-state index >= 15 is 0 Å². The molecule has 0 unspecified atom stereocenters. The highest BCUT2D eigenvalue weighted by molar-refractivity contribution is 7.99. The number of benzene rings is 2. The third-order valence-corrected chi connectivity index (χ3v) is 6.91. The van der Waals surface area contributed by atoms with E-state index in [0.717, 1.165) is 28.2 Å². The van der Waals surface area contributed by atoms with Crippen LogP contribution in [0, 0.1) is 13.8 Å². The number of hydrogen-bond donors (Lipinski definition) is 1. The highest BCUT2D eigenvalue weighted by atomic mass is 32.2. The lowest BCUT2D eigenvalue weighted by Gasteiger charge is -2.22. The third kappa shape index (κ3) is 3.73. The molecule has 7 heteroatoms. The SMILES string of the molecule is CC(=O)N1CCCSc2ccc(S(=O)(=O)Nc3c(C)cccc3C)cc21. The van der Waals surface area contributed by atoms with Crippen molar-refractivity contribution in [3.63, 3.8) is 0 Å². The molecule has 1 amide bonds. The Morgan fingerprint density at radius 2 is 1.85 bits per heavy atom. The Labute approximate surface area is 158 Å². The van der Waals surface area contributed by atoms with E-state index in [2.05, 4.69) is 4.72 Å². The Kier molecular flexibility index (Phi) is 5.29. The molecule has 5 nitrogen and oxygen atoms in total. The maximum atomic E-state index is 12.9. The van der Waals surface area contributed by atoms with Crippen molar-refractivity contribution in [1.82, 2.24) is 0 Å². The molecule has 2 aromatic rings. The summed E-state index contributed by atoms with van der Waals surface area (Å²) in [4.78, 5) is 14.8. The Morgan fingerprint density at radius 1 is 1.15 bits per heavy atom. The zero-order chi connectivity index (χ0) is 18.9. The van der Waals surface area contributed by atoms with Crippen molar-refractivity contribution in [2.75, 3.05) is 21.9 Å². The number of carbonyl (C=O) groups excluding carboxylic acids is 1. The van der Waals surface area contributed by atoms with Crippen molar-refractivity contribution >= 4 is 39.1 Å². The number of nitrogens with zero attached hydrogens (tertiary/aromatic N) is 1. The number of sulfonamides is 1. The second-order valence-electron chi connectivity index (χ2n) is 6.37. The standard InChI is InChI=1S/C19H22N2O3S2/c1-13-6-4-7-14(2)19(13)20-26(23,24)16-8-9-18-17(12-16)21(15(3)22)10-5-11-25-18/h4,6-9,12,20H,5,10-11H2,1-3H3. The summed E-state index contributed by atoms with van der Waals surface area (Å²) in [6, 6.07) is 10.6. The lowest BCUT2D eigenvalue weighted by Crippen LogP contribution is -2.29. The van der Waals surface area contributed by atoms with Crippen LogP contribution in [-0.4, -0.2) is 26.6 Å². The quantitative estimate of drug-likeness (QED) is 0.862. The normalized spacial score (nSPS) is 14.5. The lowest BCUT2D eigenvalue weighted by molar-refractivity contribution is -0.116. The van der Waals surface area contributed by atoms with Gasteiger partial charge in [-0.1, -0.05) is 18.2 Å². The number of carbonyl (C=O) groups is 1. The maximum absolute atomic E-state index is 12.9. The zero-order valence-electron chi connectivity index (χ0n) is 15.1. The van der Waals surface area contributed by atoms with Gasteiger partial charge in [0.1, 0.15) is 0 Å². The fraction of sp³-hybridized carbons (Fsp3) is 0.316. The number of rotatable bonds is 3. The molecule has 2 aromatic carbocycles. The van der Waals surface area contributed by atoms with Gasteiger partial charge in [0, 0.05) is 18.4 Å². The number of hydrogen-bond acceptors (Lipinski definition) is 4. The van der Waals surface area contributed by atoms with Gasteiger partial charge in [-0.15, -0.1) is 11.8 Å². The van der Waals surface area contributed by atoms with Gasteiger partial charge in [-0.05, 0) is 55.3 Å². The first kappa shape index (κ1) is 18.8. The topological polar surface area (TPSA) is 66.5 Å². The number of para-hydroxylation sites is 1. The molecule has 1 heterocycles. The van der Waals surface area contributed by atoms with Crippen molar-refractivity contribution in [3.8, 4) is 0 Å². The highest BCUT2D eigenvalue weighted by Crippen LogP contribution is 2.36. The van der Waals surface area contributed by atoms with Crippen molar-refractivity contribution < 1.29 is 13.2 Å². The van der Waals surface area contributed by atoms with E-state index in [1.165, 1.54) is 6.92 Å². The predicted molar refractivity (Wildman–Crippen MR) is 107 cm³/mol. The van der Waals surface area contributed by atoms with Crippen molar-refractivity contribution in [1.29, 1.82) is 0 Å². The van der Waals surface area contributed by atoms with Gasteiger partial charge in [-0.3, -0.25) is 9.52 Å². The van der Waals surface area contributed by atoms with Crippen LogP contribution in [0.1, 0.15) is 24.5 Å². The molecule has 0 atom stereocenters. The summed E-state index contributed by atoms with van der Waals surface area (Å²) >= 11 is 1.65. The maximum Gasteiger partial charge on any atom is 0.261 e. The van der Waals surface area contributed by atoms with Crippen LogP contribution in [0.3, 0.4) is 0 Å². The summed E-state index contributed by atoms with van der Waals surface area (Å²) in [5.74, 6) is 0.829. The summed E-state index contributed by atoms with van der Waals surface area (Å²) in [5, 5.41) is 0. The Morgan fingerprint density at radius 3 is 2.50 bits per heavy atom. The smallest absolute Gasteiger partial charge is 0.261 e. The molecule has 0 aromatic heterocycles. The van der Waals surface area contributed by atoms with E-state index in [0.29, 0.717) is 17.9 Å². The third-order valence-electron chi connectivity index (χ3n) is 4.41. The zero-order valence-corrected chi connectivity index (χ0v) is 16.7. The van der Waals surface area contributed by atoms with Gasteiger partial charge in [-0.2, -0.15) is 0 Å².